The van der Waals surface area contributed by atoms with E-state index in [1.54, 1.807) is 0 Å². The maximum Gasteiger partial charge on any atom is 0.489 e. The zero-order valence-corrected chi connectivity index (χ0v) is 8.51. The average molecular weight is 180 g/mol. The lowest BCUT2D eigenvalue weighted by atomic mass is 9.73. The molecule has 0 aromatic carbocycles. The van der Waals surface area contributed by atoms with E-state index in [9.17, 15) is 0 Å². The Morgan fingerprint density at radius 2 is 1.85 bits per heavy atom. The van der Waals surface area contributed by atoms with Crippen LogP contribution in [0.1, 0.15) is 26.7 Å². The monoisotopic (exact) mass is 180 g/mol. The number of rotatable bonds is 2. The fraction of sp³-hybridized carbons (Fsp3) is 0.800. The van der Waals surface area contributed by atoms with E-state index in [1.165, 1.54) is 12.8 Å². The van der Waals surface area contributed by atoms with Crippen molar-refractivity contribution in [3.05, 3.63) is 12.1 Å². The third-order valence-electron chi connectivity index (χ3n) is 2.66. The van der Waals surface area contributed by atoms with E-state index in [0.717, 1.165) is 18.7 Å². The summed E-state index contributed by atoms with van der Waals surface area (Å²) in [5, 5.41) is 0. The molecule has 2 aliphatic rings. The van der Waals surface area contributed by atoms with Gasteiger partial charge in [-0.2, -0.15) is 0 Å². The third-order valence-corrected chi connectivity index (χ3v) is 2.66. The van der Waals surface area contributed by atoms with Crippen LogP contribution in [0.15, 0.2) is 12.1 Å². The van der Waals surface area contributed by atoms with Gasteiger partial charge in [0.25, 0.3) is 0 Å². The predicted octanol–water partition coefficient (Wildman–Crippen LogP) is 2.05. The minimum Gasteiger partial charge on any atom is -0.407 e. The summed E-state index contributed by atoms with van der Waals surface area (Å²) in [6.07, 6.45) is 2.54. The Morgan fingerprint density at radius 3 is 2.31 bits per heavy atom. The van der Waals surface area contributed by atoms with Gasteiger partial charge in [0.2, 0.25) is 0 Å². The van der Waals surface area contributed by atoms with Crippen LogP contribution in [0.4, 0.5) is 0 Å². The molecule has 0 N–H and O–H groups in total. The Labute approximate surface area is 80.4 Å². The summed E-state index contributed by atoms with van der Waals surface area (Å²) in [6.45, 7) is 9.91. The summed E-state index contributed by atoms with van der Waals surface area (Å²) in [7, 11) is -0.125. The molecule has 0 amide bonds. The fourth-order valence-electron chi connectivity index (χ4n) is 1.55. The first-order chi connectivity index (χ1) is 6.08. The lowest BCUT2D eigenvalue weighted by molar-refractivity contribution is 0.0316. The summed E-state index contributed by atoms with van der Waals surface area (Å²) in [4.78, 5) is 0. The molecule has 0 spiro atoms. The van der Waals surface area contributed by atoms with E-state index in [-0.39, 0.29) is 12.5 Å². The SMILES string of the molecule is C=C(B1OCC(C)(C)CO1)C1CC1. The lowest BCUT2D eigenvalue weighted by Gasteiger charge is -2.33. The highest BCUT2D eigenvalue weighted by Crippen LogP contribution is 2.38. The van der Waals surface area contributed by atoms with Gasteiger partial charge in [0, 0.05) is 18.6 Å². The van der Waals surface area contributed by atoms with Gasteiger partial charge < -0.3 is 9.31 Å². The molecule has 2 rings (SSSR count). The van der Waals surface area contributed by atoms with Crippen LogP contribution >= 0.6 is 0 Å². The van der Waals surface area contributed by atoms with Crippen molar-refractivity contribution >= 4 is 7.12 Å². The van der Waals surface area contributed by atoms with Crippen molar-refractivity contribution in [2.45, 2.75) is 26.7 Å². The molecule has 1 aliphatic carbocycles. The molecular formula is C10H17BO2. The second-order valence-electron chi connectivity index (χ2n) is 4.97. The molecule has 1 saturated carbocycles. The van der Waals surface area contributed by atoms with Gasteiger partial charge in [-0.25, -0.2) is 0 Å². The van der Waals surface area contributed by atoms with E-state index in [4.69, 9.17) is 9.31 Å². The van der Waals surface area contributed by atoms with E-state index in [2.05, 4.69) is 20.4 Å². The molecule has 1 heterocycles. The van der Waals surface area contributed by atoms with Crippen LogP contribution in [0.3, 0.4) is 0 Å². The van der Waals surface area contributed by atoms with Gasteiger partial charge in [-0.1, -0.05) is 13.8 Å². The Bertz CT molecular complexity index is 211. The second-order valence-corrected chi connectivity index (χ2v) is 4.97. The van der Waals surface area contributed by atoms with Gasteiger partial charge in [-0.3, -0.25) is 0 Å². The van der Waals surface area contributed by atoms with Crippen LogP contribution < -0.4 is 0 Å². The van der Waals surface area contributed by atoms with Crippen molar-refractivity contribution in [1.82, 2.24) is 0 Å². The molecule has 72 valence electrons. The van der Waals surface area contributed by atoms with Gasteiger partial charge in [-0.15, -0.1) is 6.58 Å². The van der Waals surface area contributed by atoms with Crippen molar-refractivity contribution in [2.24, 2.45) is 11.3 Å². The van der Waals surface area contributed by atoms with Crippen molar-refractivity contribution in [2.75, 3.05) is 13.2 Å². The van der Waals surface area contributed by atoms with Crippen molar-refractivity contribution in [1.29, 1.82) is 0 Å². The van der Waals surface area contributed by atoms with Crippen LogP contribution in [0.5, 0.6) is 0 Å². The molecule has 2 nitrogen and oxygen atoms in total. The minimum atomic E-state index is -0.125. The smallest absolute Gasteiger partial charge is 0.407 e. The minimum absolute atomic E-state index is 0.125. The highest BCUT2D eigenvalue weighted by molar-refractivity contribution is 6.53. The molecule has 1 saturated heterocycles. The number of hydrogen-bond acceptors (Lipinski definition) is 2. The van der Waals surface area contributed by atoms with Gasteiger partial charge in [-0.05, 0) is 24.2 Å². The number of allylic oxidation sites excluding steroid dienone is 1. The van der Waals surface area contributed by atoms with Crippen molar-refractivity contribution < 1.29 is 9.31 Å². The van der Waals surface area contributed by atoms with E-state index in [0.29, 0.717) is 5.92 Å². The third kappa shape index (κ3) is 2.15. The maximum atomic E-state index is 5.63. The molecule has 0 aromatic rings. The van der Waals surface area contributed by atoms with Crippen LogP contribution in [0, 0.1) is 11.3 Å². The first-order valence-electron chi connectivity index (χ1n) is 5.00. The molecule has 1 aliphatic heterocycles. The highest BCUT2D eigenvalue weighted by Gasteiger charge is 2.39. The molecular weight excluding hydrogens is 163 g/mol. The summed E-state index contributed by atoms with van der Waals surface area (Å²) >= 11 is 0. The van der Waals surface area contributed by atoms with E-state index in [1.807, 2.05) is 0 Å². The van der Waals surface area contributed by atoms with Crippen LogP contribution in [0.25, 0.3) is 0 Å². The van der Waals surface area contributed by atoms with Gasteiger partial charge >= 0.3 is 7.12 Å². The summed E-state index contributed by atoms with van der Waals surface area (Å²) < 4.78 is 11.3. The van der Waals surface area contributed by atoms with Gasteiger partial charge in [0.1, 0.15) is 0 Å². The first-order valence-corrected chi connectivity index (χ1v) is 5.00. The molecule has 0 radical (unpaired) electrons. The normalized spacial score (nSPS) is 27.4. The summed E-state index contributed by atoms with van der Waals surface area (Å²) in [5.41, 5.74) is 1.32. The molecule has 3 heteroatoms. The largest absolute Gasteiger partial charge is 0.489 e. The van der Waals surface area contributed by atoms with E-state index < -0.39 is 0 Å². The first kappa shape index (κ1) is 9.29. The van der Waals surface area contributed by atoms with Gasteiger partial charge in [0.05, 0.1) is 0 Å². The molecule has 2 fully saturated rings. The Hall–Kier alpha value is -0.275. The Morgan fingerprint density at radius 1 is 1.31 bits per heavy atom. The Balaban J connectivity index is 1.86. The maximum absolute atomic E-state index is 5.63. The summed E-state index contributed by atoms with van der Waals surface area (Å²) in [6, 6.07) is 0. The van der Waals surface area contributed by atoms with Crippen LogP contribution in [0.2, 0.25) is 0 Å². The fourth-order valence-corrected chi connectivity index (χ4v) is 1.55. The standard InChI is InChI=1S/C10H17BO2/c1-8(9-4-5-9)11-12-6-10(2,3)7-13-11/h9H,1,4-7H2,2-3H3. The lowest BCUT2D eigenvalue weighted by Crippen LogP contribution is -2.42. The second kappa shape index (κ2) is 3.14. The van der Waals surface area contributed by atoms with Gasteiger partial charge in [0.15, 0.2) is 0 Å². The van der Waals surface area contributed by atoms with E-state index >= 15 is 0 Å². The van der Waals surface area contributed by atoms with Crippen molar-refractivity contribution in [3.63, 3.8) is 0 Å². The van der Waals surface area contributed by atoms with Crippen LogP contribution in [-0.2, 0) is 9.31 Å². The molecule has 13 heavy (non-hydrogen) atoms. The Kier molecular flexibility index (Phi) is 2.24. The molecule has 0 unspecified atom stereocenters. The molecule has 0 aromatic heterocycles. The zero-order chi connectivity index (χ0) is 9.47. The van der Waals surface area contributed by atoms with Crippen molar-refractivity contribution in [3.8, 4) is 0 Å². The van der Waals surface area contributed by atoms with Crippen LogP contribution in [-0.4, -0.2) is 20.3 Å². The quantitative estimate of drug-likeness (QED) is 0.605. The number of hydrogen-bond donors (Lipinski definition) is 0. The zero-order valence-electron chi connectivity index (χ0n) is 8.51. The predicted molar refractivity (Wildman–Crippen MR) is 53.3 cm³/mol. The summed E-state index contributed by atoms with van der Waals surface area (Å²) in [5.74, 6) is 0.672. The highest BCUT2D eigenvalue weighted by atomic mass is 16.6. The molecule has 0 atom stereocenters. The molecule has 0 bridgehead atoms. The average Bonchev–Trinajstić information content (AvgIpc) is 2.85. The topological polar surface area (TPSA) is 18.5 Å².